The van der Waals surface area contributed by atoms with Crippen LogP contribution < -0.4 is 5.32 Å². The molecule has 1 aromatic heterocycles. The average Bonchev–Trinajstić information content (AvgIpc) is 2.15. The summed E-state index contributed by atoms with van der Waals surface area (Å²) in [6, 6.07) is 1.62. The van der Waals surface area contributed by atoms with E-state index in [1.807, 2.05) is 0 Å². The van der Waals surface area contributed by atoms with Gasteiger partial charge in [-0.05, 0) is 22.9 Å². The van der Waals surface area contributed by atoms with Gasteiger partial charge in [0.05, 0.1) is 12.1 Å². The summed E-state index contributed by atoms with van der Waals surface area (Å²) >= 11 is 0. The smallest absolute Gasteiger partial charge is 0.379 e. The van der Waals surface area contributed by atoms with Crippen LogP contribution in [-0.4, -0.2) is 22.1 Å². The van der Waals surface area contributed by atoms with Crippen molar-refractivity contribution >= 4 is 11.5 Å². The third-order valence-corrected chi connectivity index (χ3v) is 1.89. The highest BCUT2D eigenvalue weighted by molar-refractivity contribution is 5.44. The van der Waals surface area contributed by atoms with Crippen LogP contribution in [0.1, 0.15) is 13.3 Å². The fourth-order valence-corrected chi connectivity index (χ4v) is 1.26. The Morgan fingerprint density at radius 1 is 1.53 bits per heavy atom. The highest BCUT2D eigenvalue weighted by Crippen LogP contribution is 2.23. The lowest BCUT2D eigenvalue weighted by Gasteiger charge is -2.15. The molecule has 94 valence electrons. The standard InChI is InChI=1S/C9H10F3N3O2/c1-6(4-9(10,11)12)14-7-2-3-8(13-5-7)15(16)17/h2-3,5-6,14H,4H2,1H3. The molecule has 1 heterocycles. The van der Waals surface area contributed by atoms with E-state index < -0.39 is 23.6 Å². The molecule has 0 bridgehead atoms. The summed E-state index contributed by atoms with van der Waals surface area (Å²) < 4.78 is 36.1. The molecule has 8 heteroatoms. The van der Waals surface area contributed by atoms with Gasteiger partial charge >= 0.3 is 12.0 Å². The van der Waals surface area contributed by atoms with Crippen LogP contribution in [0, 0.1) is 10.1 Å². The summed E-state index contributed by atoms with van der Waals surface area (Å²) in [6.07, 6.45) is -4.10. The van der Waals surface area contributed by atoms with Gasteiger partial charge in [0.2, 0.25) is 0 Å². The summed E-state index contributed by atoms with van der Waals surface area (Å²) in [5.41, 5.74) is 0.312. The number of rotatable bonds is 4. The molecule has 1 atom stereocenters. The summed E-state index contributed by atoms with van der Waals surface area (Å²) in [5, 5.41) is 12.9. The molecule has 5 nitrogen and oxygen atoms in total. The molecule has 0 aliphatic heterocycles. The third kappa shape index (κ3) is 4.66. The van der Waals surface area contributed by atoms with Crippen molar-refractivity contribution in [1.82, 2.24) is 4.98 Å². The summed E-state index contributed by atoms with van der Waals surface area (Å²) in [4.78, 5) is 13.1. The molecular formula is C9H10F3N3O2. The fraction of sp³-hybridized carbons (Fsp3) is 0.444. The van der Waals surface area contributed by atoms with E-state index in [2.05, 4.69) is 10.3 Å². The van der Waals surface area contributed by atoms with Crippen LogP contribution in [0.3, 0.4) is 0 Å². The molecular weight excluding hydrogens is 239 g/mol. The van der Waals surface area contributed by atoms with E-state index in [1.165, 1.54) is 13.0 Å². The van der Waals surface area contributed by atoms with Crippen molar-refractivity contribution in [2.45, 2.75) is 25.6 Å². The lowest BCUT2D eigenvalue weighted by atomic mass is 10.2. The topological polar surface area (TPSA) is 68.1 Å². The second-order valence-corrected chi connectivity index (χ2v) is 3.53. The SMILES string of the molecule is CC(CC(F)(F)F)Nc1ccc([N+](=O)[O-])nc1. The number of halogens is 3. The van der Waals surface area contributed by atoms with Crippen molar-refractivity contribution in [1.29, 1.82) is 0 Å². The van der Waals surface area contributed by atoms with Gasteiger partial charge in [0.1, 0.15) is 0 Å². The molecule has 0 aromatic carbocycles. The Balaban J connectivity index is 2.60. The Morgan fingerprint density at radius 3 is 2.59 bits per heavy atom. The van der Waals surface area contributed by atoms with Crippen LogP contribution in [0.15, 0.2) is 18.3 Å². The van der Waals surface area contributed by atoms with E-state index >= 15 is 0 Å². The van der Waals surface area contributed by atoms with Crippen LogP contribution >= 0.6 is 0 Å². The Labute approximate surface area is 94.8 Å². The highest BCUT2D eigenvalue weighted by Gasteiger charge is 2.30. The van der Waals surface area contributed by atoms with Gasteiger partial charge in [-0.2, -0.15) is 13.2 Å². The van der Waals surface area contributed by atoms with Crippen LogP contribution in [0.25, 0.3) is 0 Å². The number of pyridine rings is 1. The van der Waals surface area contributed by atoms with Crippen LogP contribution in [0.4, 0.5) is 24.7 Å². The first-order valence-electron chi connectivity index (χ1n) is 4.71. The molecule has 0 fully saturated rings. The molecule has 1 aromatic rings. The molecule has 0 aliphatic rings. The van der Waals surface area contributed by atoms with E-state index in [4.69, 9.17) is 0 Å². The van der Waals surface area contributed by atoms with Gasteiger partial charge in [0.25, 0.3) is 0 Å². The van der Waals surface area contributed by atoms with Crippen molar-refractivity contribution in [3.8, 4) is 0 Å². The Hall–Kier alpha value is -1.86. The lowest BCUT2D eigenvalue weighted by Crippen LogP contribution is -2.23. The fourth-order valence-electron chi connectivity index (χ4n) is 1.26. The van der Waals surface area contributed by atoms with E-state index in [0.29, 0.717) is 5.69 Å². The van der Waals surface area contributed by atoms with Crippen LogP contribution in [0.2, 0.25) is 0 Å². The molecule has 0 aliphatic carbocycles. The second kappa shape index (κ2) is 4.98. The molecule has 0 saturated carbocycles. The van der Waals surface area contributed by atoms with Crippen molar-refractivity contribution in [2.24, 2.45) is 0 Å². The van der Waals surface area contributed by atoms with Crippen molar-refractivity contribution in [3.05, 3.63) is 28.4 Å². The van der Waals surface area contributed by atoms with Crippen molar-refractivity contribution < 1.29 is 18.1 Å². The minimum absolute atomic E-state index is 0.312. The lowest BCUT2D eigenvalue weighted by molar-refractivity contribution is -0.389. The van der Waals surface area contributed by atoms with Gasteiger partial charge in [-0.25, -0.2) is 0 Å². The van der Waals surface area contributed by atoms with Gasteiger partial charge in [0.15, 0.2) is 6.20 Å². The maximum Gasteiger partial charge on any atom is 0.391 e. The van der Waals surface area contributed by atoms with Crippen LogP contribution in [0.5, 0.6) is 0 Å². The van der Waals surface area contributed by atoms with E-state index in [-0.39, 0.29) is 5.82 Å². The highest BCUT2D eigenvalue weighted by atomic mass is 19.4. The minimum Gasteiger partial charge on any atom is -0.379 e. The zero-order valence-electron chi connectivity index (χ0n) is 8.86. The minimum atomic E-state index is -4.25. The zero-order chi connectivity index (χ0) is 13.1. The van der Waals surface area contributed by atoms with Crippen molar-refractivity contribution in [2.75, 3.05) is 5.32 Å². The first kappa shape index (κ1) is 13.2. The molecule has 17 heavy (non-hydrogen) atoms. The maximum absolute atomic E-state index is 12.0. The Morgan fingerprint density at radius 2 is 2.18 bits per heavy atom. The molecule has 0 saturated heterocycles. The van der Waals surface area contributed by atoms with E-state index in [9.17, 15) is 23.3 Å². The summed E-state index contributed by atoms with van der Waals surface area (Å²) in [6.45, 7) is 1.37. The summed E-state index contributed by atoms with van der Waals surface area (Å²) in [5.74, 6) is -0.348. The number of hydrogen-bond acceptors (Lipinski definition) is 4. The first-order valence-corrected chi connectivity index (χ1v) is 4.71. The molecule has 0 spiro atoms. The quantitative estimate of drug-likeness (QED) is 0.658. The Kier molecular flexibility index (Phi) is 3.87. The van der Waals surface area contributed by atoms with Gasteiger partial charge in [-0.3, -0.25) is 0 Å². The first-order chi connectivity index (χ1) is 7.78. The largest absolute Gasteiger partial charge is 0.391 e. The Bertz CT molecular complexity index is 391. The number of nitrogens with one attached hydrogen (secondary N) is 1. The predicted octanol–water partition coefficient (Wildman–Crippen LogP) is 2.74. The van der Waals surface area contributed by atoms with Gasteiger partial charge in [-0.15, -0.1) is 0 Å². The number of aromatic nitrogens is 1. The molecule has 1 N–H and O–H groups in total. The van der Waals surface area contributed by atoms with E-state index in [0.717, 1.165) is 12.3 Å². The predicted molar refractivity (Wildman–Crippen MR) is 54.6 cm³/mol. The average molecular weight is 249 g/mol. The number of anilines is 1. The van der Waals surface area contributed by atoms with E-state index in [1.54, 1.807) is 0 Å². The van der Waals surface area contributed by atoms with Crippen LogP contribution in [-0.2, 0) is 0 Å². The van der Waals surface area contributed by atoms with Gasteiger partial charge < -0.3 is 15.4 Å². The summed E-state index contributed by atoms with van der Waals surface area (Å²) in [7, 11) is 0. The number of nitro groups is 1. The number of nitrogens with zero attached hydrogens (tertiary/aromatic N) is 2. The van der Waals surface area contributed by atoms with Gasteiger partial charge in [0, 0.05) is 12.1 Å². The normalized spacial score (nSPS) is 13.2. The zero-order valence-corrected chi connectivity index (χ0v) is 8.86. The molecule has 0 amide bonds. The molecule has 1 rings (SSSR count). The monoisotopic (exact) mass is 249 g/mol. The third-order valence-electron chi connectivity index (χ3n) is 1.89. The second-order valence-electron chi connectivity index (χ2n) is 3.53. The van der Waals surface area contributed by atoms with Gasteiger partial charge in [-0.1, -0.05) is 0 Å². The molecule has 1 unspecified atom stereocenters. The van der Waals surface area contributed by atoms with Crippen molar-refractivity contribution in [3.63, 3.8) is 0 Å². The maximum atomic E-state index is 12.0. The number of alkyl halides is 3. The molecule has 0 radical (unpaired) electrons. The number of hydrogen-bond donors (Lipinski definition) is 1.